The lowest BCUT2D eigenvalue weighted by Gasteiger charge is -2.35. The van der Waals surface area contributed by atoms with Crippen molar-refractivity contribution in [3.8, 4) is 0 Å². The van der Waals surface area contributed by atoms with Crippen LogP contribution in [0.5, 0.6) is 0 Å². The fourth-order valence-corrected chi connectivity index (χ4v) is 5.81. The standard InChI is InChI=1S/C24H24N4O3S2/c1-26(12-18-14-33-15-25-18)22(29)17-5-8-27(9-6-17)20-4-2-3-19-21(20)24(31)28(23(19)30)11-16-7-10-32-13-16/h2-4,7,10,13-15,17H,5-6,8-9,11-12H2,1H3. The van der Waals surface area contributed by atoms with Crippen LogP contribution in [0.4, 0.5) is 5.69 Å². The van der Waals surface area contributed by atoms with E-state index in [1.807, 2.05) is 41.4 Å². The number of thiophene rings is 1. The number of thiazole rings is 1. The highest BCUT2D eigenvalue weighted by Gasteiger charge is 2.39. The Morgan fingerprint density at radius 2 is 1.94 bits per heavy atom. The molecule has 4 heterocycles. The van der Waals surface area contributed by atoms with E-state index in [1.54, 1.807) is 27.8 Å². The van der Waals surface area contributed by atoms with Gasteiger partial charge in [-0.3, -0.25) is 19.3 Å². The van der Waals surface area contributed by atoms with Crippen LogP contribution in [0.15, 0.2) is 45.9 Å². The Bertz CT molecular complexity index is 1170. The van der Waals surface area contributed by atoms with Crippen LogP contribution in [0.3, 0.4) is 0 Å². The predicted octanol–water partition coefficient (Wildman–Crippen LogP) is 3.88. The molecule has 0 unspecified atom stereocenters. The van der Waals surface area contributed by atoms with Crippen LogP contribution in [-0.4, -0.2) is 52.6 Å². The second-order valence-corrected chi connectivity index (χ2v) is 9.96. The van der Waals surface area contributed by atoms with E-state index in [-0.39, 0.29) is 30.2 Å². The third-order valence-electron chi connectivity index (χ3n) is 6.34. The van der Waals surface area contributed by atoms with Crippen LogP contribution in [-0.2, 0) is 17.9 Å². The first-order chi connectivity index (χ1) is 16.0. The number of fused-ring (bicyclic) bond motifs is 1. The highest BCUT2D eigenvalue weighted by molar-refractivity contribution is 7.08. The molecule has 2 aliphatic heterocycles. The fraction of sp³-hybridized carbons (Fsp3) is 0.333. The van der Waals surface area contributed by atoms with Crippen molar-refractivity contribution >= 4 is 46.1 Å². The summed E-state index contributed by atoms with van der Waals surface area (Å²) in [6, 6.07) is 7.42. The largest absolute Gasteiger partial charge is 0.371 e. The summed E-state index contributed by atoms with van der Waals surface area (Å²) >= 11 is 3.08. The summed E-state index contributed by atoms with van der Waals surface area (Å²) in [6.07, 6.45) is 1.43. The molecule has 170 valence electrons. The van der Waals surface area contributed by atoms with Crippen molar-refractivity contribution in [2.24, 2.45) is 5.92 Å². The minimum absolute atomic E-state index is 0.0472. The molecular formula is C24H24N4O3S2. The van der Waals surface area contributed by atoms with Crippen LogP contribution < -0.4 is 4.90 Å². The average molecular weight is 481 g/mol. The zero-order valence-electron chi connectivity index (χ0n) is 18.3. The molecule has 0 aliphatic carbocycles. The number of rotatable bonds is 6. The first-order valence-corrected chi connectivity index (χ1v) is 12.8. The number of carbonyl (C=O) groups excluding carboxylic acids is 3. The van der Waals surface area contributed by atoms with E-state index in [1.165, 1.54) is 16.2 Å². The van der Waals surface area contributed by atoms with E-state index >= 15 is 0 Å². The van der Waals surface area contributed by atoms with Crippen molar-refractivity contribution in [1.29, 1.82) is 0 Å². The number of amides is 3. The monoisotopic (exact) mass is 480 g/mol. The lowest BCUT2D eigenvalue weighted by atomic mass is 9.94. The number of nitrogens with zero attached hydrogens (tertiary/aromatic N) is 4. The molecule has 3 amide bonds. The molecule has 0 radical (unpaired) electrons. The van der Waals surface area contributed by atoms with E-state index in [9.17, 15) is 14.4 Å². The molecule has 0 N–H and O–H groups in total. The van der Waals surface area contributed by atoms with Gasteiger partial charge in [0.25, 0.3) is 11.8 Å². The average Bonchev–Trinajstić information content (AvgIpc) is 3.59. The second-order valence-electron chi connectivity index (χ2n) is 8.46. The van der Waals surface area contributed by atoms with E-state index in [2.05, 4.69) is 9.88 Å². The quantitative estimate of drug-likeness (QED) is 0.501. The first kappa shape index (κ1) is 21.8. The predicted molar refractivity (Wildman–Crippen MR) is 128 cm³/mol. The van der Waals surface area contributed by atoms with Gasteiger partial charge in [-0.05, 0) is 47.4 Å². The van der Waals surface area contributed by atoms with Crippen LogP contribution in [0.25, 0.3) is 0 Å². The number of anilines is 1. The normalized spacial score (nSPS) is 16.4. The first-order valence-electron chi connectivity index (χ1n) is 10.9. The Labute approximate surface area is 200 Å². The Morgan fingerprint density at radius 1 is 1.12 bits per heavy atom. The zero-order valence-corrected chi connectivity index (χ0v) is 19.9. The van der Waals surface area contributed by atoms with Gasteiger partial charge in [-0.25, -0.2) is 4.98 Å². The fourth-order valence-electron chi connectivity index (χ4n) is 4.60. The molecule has 0 atom stereocenters. The second kappa shape index (κ2) is 9.07. The smallest absolute Gasteiger partial charge is 0.263 e. The van der Waals surface area contributed by atoms with Crippen LogP contribution in [0.1, 0.15) is 44.8 Å². The van der Waals surface area contributed by atoms with Gasteiger partial charge in [0.05, 0.1) is 41.1 Å². The molecule has 0 spiro atoms. The highest BCUT2D eigenvalue weighted by Crippen LogP contribution is 2.35. The summed E-state index contributed by atoms with van der Waals surface area (Å²) in [5.41, 5.74) is 5.38. The molecule has 9 heteroatoms. The summed E-state index contributed by atoms with van der Waals surface area (Å²) in [5, 5.41) is 5.86. The molecule has 1 fully saturated rings. The number of hydrogen-bond acceptors (Lipinski definition) is 7. The zero-order chi connectivity index (χ0) is 22.9. The minimum Gasteiger partial charge on any atom is -0.371 e. The lowest BCUT2D eigenvalue weighted by molar-refractivity contribution is -0.135. The van der Waals surface area contributed by atoms with Crippen molar-refractivity contribution < 1.29 is 14.4 Å². The Balaban J connectivity index is 1.27. The van der Waals surface area contributed by atoms with Gasteiger partial charge in [0.1, 0.15) is 0 Å². The van der Waals surface area contributed by atoms with Crippen molar-refractivity contribution in [2.45, 2.75) is 25.9 Å². The number of imide groups is 1. The van der Waals surface area contributed by atoms with Gasteiger partial charge in [-0.15, -0.1) is 11.3 Å². The maximum absolute atomic E-state index is 13.2. The van der Waals surface area contributed by atoms with Gasteiger partial charge in [-0.2, -0.15) is 11.3 Å². The maximum Gasteiger partial charge on any atom is 0.263 e. The van der Waals surface area contributed by atoms with Crippen LogP contribution in [0, 0.1) is 5.92 Å². The SMILES string of the molecule is CN(Cc1cscn1)C(=O)C1CCN(c2cccc3c2C(=O)N(Cc2ccsc2)C3=O)CC1. The number of benzene rings is 1. The molecular weight excluding hydrogens is 456 g/mol. The van der Waals surface area contributed by atoms with Gasteiger partial charge in [0.15, 0.2) is 0 Å². The van der Waals surface area contributed by atoms with Crippen molar-refractivity contribution in [1.82, 2.24) is 14.8 Å². The molecule has 5 rings (SSSR count). The summed E-state index contributed by atoms with van der Waals surface area (Å²) in [4.78, 5) is 48.6. The number of hydrogen-bond donors (Lipinski definition) is 0. The van der Waals surface area contributed by atoms with Gasteiger partial charge in [-0.1, -0.05) is 6.07 Å². The topological polar surface area (TPSA) is 73.8 Å². The third kappa shape index (κ3) is 4.18. The molecule has 2 aliphatic rings. The summed E-state index contributed by atoms with van der Waals surface area (Å²) in [6.45, 7) is 2.15. The van der Waals surface area contributed by atoms with E-state index in [0.29, 0.717) is 43.6 Å². The molecule has 2 aromatic heterocycles. The molecule has 1 aromatic carbocycles. The summed E-state index contributed by atoms with van der Waals surface area (Å²) in [7, 11) is 1.82. The minimum atomic E-state index is -0.239. The molecule has 33 heavy (non-hydrogen) atoms. The van der Waals surface area contributed by atoms with E-state index in [0.717, 1.165) is 16.9 Å². The molecule has 7 nitrogen and oxygen atoms in total. The maximum atomic E-state index is 13.2. The van der Waals surface area contributed by atoms with Crippen molar-refractivity contribution in [2.75, 3.05) is 25.0 Å². The number of carbonyl (C=O) groups is 3. The van der Waals surface area contributed by atoms with Crippen LogP contribution >= 0.6 is 22.7 Å². The van der Waals surface area contributed by atoms with Crippen LogP contribution in [0.2, 0.25) is 0 Å². The Kier molecular flexibility index (Phi) is 5.99. The summed E-state index contributed by atoms with van der Waals surface area (Å²) in [5.74, 6) is -0.391. The lowest BCUT2D eigenvalue weighted by Crippen LogP contribution is -2.41. The summed E-state index contributed by atoms with van der Waals surface area (Å²) < 4.78 is 0. The third-order valence-corrected chi connectivity index (χ3v) is 7.71. The van der Waals surface area contributed by atoms with E-state index < -0.39 is 0 Å². The Hall–Kier alpha value is -3.04. The Morgan fingerprint density at radius 3 is 2.64 bits per heavy atom. The number of piperidine rings is 1. The van der Waals surface area contributed by atoms with E-state index in [4.69, 9.17) is 0 Å². The highest BCUT2D eigenvalue weighted by atomic mass is 32.1. The number of aromatic nitrogens is 1. The molecule has 0 saturated carbocycles. The molecule has 3 aromatic rings. The molecule has 0 bridgehead atoms. The van der Waals surface area contributed by atoms with Gasteiger partial charge < -0.3 is 9.80 Å². The van der Waals surface area contributed by atoms with Crippen molar-refractivity contribution in [3.63, 3.8) is 0 Å². The van der Waals surface area contributed by atoms with Gasteiger partial charge in [0, 0.05) is 31.4 Å². The van der Waals surface area contributed by atoms with Gasteiger partial charge in [0.2, 0.25) is 5.91 Å². The van der Waals surface area contributed by atoms with Crippen molar-refractivity contribution in [3.05, 3.63) is 68.3 Å². The molecule has 1 saturated heterocycles. The van der Waals surface area contributed by atoms with Gasteiger partial charge >= 0.3 is 0 Å².